The normalized spacial score (nSPS) is 19.5. The van der Waals surface area contributed by atoms with Gasteiger partial charge in [0.2, 0.25) is 15.9 Å². The topological polar surface area (TPSA) is 69.7 Å². The number of nitrogens with one attached hydrogen (secondary N) is 1. The van der Waals surface area contributed by atoms with Crippen LogP contribution in [0.5, 0.6) is 0 Å². The minimum Gasteiger partial charge on any atom is -0.356 e. The predicted octanol–water partition coefficient (Wildman–Crippen LogP) is 2.49. The standard InChI is InChI=1S/C21H35N3O3S/c1-5-23(6-2)15-18(4)14-22-21(25)19-8-7-13-24(16-19)28(26,27)20-11-9-17(3)10-12-20/h9-12,18-19H,5-8,13-16H2,1-4H3,(H,22,25). The number of rotatable bonds is 9. The maximum Gasteiger partial charge on any atom is 0.243 e. The van der Waals surface area contributed by atoms with E-state index in [-0.39, 0.29) is 18.4 Å². The van der Waals surface area contributed by atoms with Crippen molar-refractivity contribution in [3.05, 3.63) is 29.8 Å². The first kappa shape index (κ1) is 22.8. The summed E-state index contributed by atoms with van der Waals surface area (Å²) in [6.07, 6.45) is 1.44. The van der Waals surface area contributed by atoms with Crippen LogP contribution in [0.4, 0.5) is 0 Å². The Balaban J connectivity index is 1.93. The van der Waals surface area contributed by atoms with E-state index in [1.54, 1.807) is 24.3 Å². The van der Waals surface area contributed by atoms with Crippen molar-refractivity contribution in [2.75, 3.05) is 39.3 Å². The Bertz CT molecular complexity index is 730. The van der Waals surface area contributed by atoms with E-state index in [0.717, 1.165) is 31.6 Å². The molecular formula is C21H35N3O3S. The molecule has 1 aliphatic rings. The molecule has 0 aromatic heterocycles. The van der Waals surface area contributed by atoms with Crippen LogP contribution in [0.15, 0.2) is 29.2 Å². The van der Waals surface area contributed by atoms with Crippen molar-refractivity contribution in [2.24, 2.45) is 11.8 Å². The van der Waals surface area contributed by atoms with Crippen molar-refractivity contribution in [2.45, 2.75) is 45.4 Å². The molecule has 0 bridgehead atoms. The predicted molar refractivity (Wildman–Crippen MR) is 113 cm³/mol. The summed E-state index contributed by atoms with van der Waals surface area (Å²) in [7, 11) is -3.55. The van der Waals surface area contributed by atoms with E-state index in [4.69, 9.17) is 0 Å². The summed E-state index contributed by atoms with van der Waals surface area (Å²) in [5, 5.41) is 3.04. The minimum atomic E-state index is -3.55. The summed E-state index contributed by atoms with van der Waals surface area (Å²) in [4.78, 5) is 15.3. The lowest BCUT2D eigenvalue weighted by atomic mass is 9.98. The van der Waals surface area contributed by atoms with Gasteiger partial charge in [-0.1, -0.05) is 38.5 Å². The molecule has 7 heteroatoms. The van der Waals surface area contributed by atoms with Crippen molar-refractivity contribution in [3.8, 4) is 0 Å². The molecular weight excluding hydrogens is 374 g/mol. The lowest BCUT2D eigenvalue weighted by Gasteiger charge is -2.31. The second kappa shape index (κ2) is 10.4. The fraction of sp³-hybridized carbons (Fsp3) is 0.667. The fourth-order valence-electron chi connectivity index (χ4n) is 3.64. The Kier molecular flexibility index (Phi) is 8.46. The number of hydrogen-bond acceptors (Lipinski definition) is 4. The lowest BCUT2D eigenvalue weighted by molar-refractivity contribution is -0.126. The van der Waals surface area contributed by atoms with Gasteiger partial charge >= 0.3 is 0 Å². The molecule has 0 radical (unpaired) electrons. The van der Waals surface area contributed by atoms with E-state index < -0.39 is 10.0 Å². The summed E-state index contributed by atoms with van der Waals surface area (Å²) in [5.41, 5.74) is 1.02. The zero-order valence-corrected chi connectivity index (χ0v) is 18.5. The third-order valence-corrected chi connectivity index (χ3v) is 7.38. The van der Waals surface area contributed by atoms with E-state index in [9.17, 15) is 13.2 Å². The molecule has 1 N–H and O–H groups in total. The van der Waals surface area contributed by atoms with Gasteiger partial charge in [0.15, 0.2) is 0 Å². The monoisotopic (exact) mass is 409 g/mol. The largest absolute Gasteiger partial charge is 0.356 e. The van der Waals surface area contributed by atoms with Crippen LogP contribution in [-0.2, 0) is 14.8 Å². The van der Waals surface area contributed by atoms with Gasteiger partial charge in [0, 0.05) is 26.2 Å². The molecule has 2 atom stereocenters. The first-order valence-corrected chi connectivity index (χ1v) is 11.8. The maximum atomic E-state index is 12.9. The van der Waals surface area contributed by atoms with Crippen LogP contribution < -0.4 is 5.32 Å². The van der Waals surface area contributed by atoms with Gasteiger partial charge in [0.1, 0.15) is 0 Å². The van der Waals surface area contributed by atoms with Gasteiger partial charge in [-0.25, -0.2) is 8.42 Å². The molecule has 1 fully saturated rings. The molecule has 2 rings (SSSR count). The SMILES string of the molecule is CCN(CC)CC(C)CNC(=O)C1CCCN(S(=O)(=O)c2ccc(C)cc2)C1. The second-order valence-corrected chi connectivity index (χ2v) is 9.79. The highest BCUT2D eigenvalue weighted by molar-refractivity contribution is 7.89. The molecule has 6 nitrogen and oxygen atoms in total. The van der Waals surface area contributed by atoms with Gasteiger partial charge in [-0.15, -0.1) is 0 Å². The Morgan fingerprint density at radius 2 is 1.89 bits per heavy atom. The average Bonchev–Trinajstić information content (AvgIpc) is 2.70. The summed E-state index contributed by atoms with van der Waals surface area (Å²) >= 11 is 0. The smallest absolute Gasteiger partial charge is 0.243 e. The summed E-state index contributed by atoms with van der Waals surface area (Å²) < 4.78 is 27.3. The average molecular weight is 410 g/mol. The first-order chi connectivity index (χ1) is 13.3. The van der Waals surface area contributed by atoms with Crippen molar-refractivity contribution in [1.29, 1.82) is 0 Å². The van der Waals surface area contributed by atoms with Crippen LogP contribution in [0, 0.1) is 18.8 Å². The van der Waals surface area contributed by atoms with Crippen LogP contribution in [-0.4, -0.2) is 62.8 Å². The number of carbonyl (C=O) groups excluding carboxylic acids is 1. The van der Waals surface area contributed by atoms with E-state index in [1.165, 1.54) is 4.31 Å². The molecule has 0 spiro atoms. The highest BCUT2D eigenvalue weighted by atomic mass is 32.2. The van der Waals surface area contributed by atoms with Gasteiger partial charge in [0.05, 0.1) is 10.8 Å². The molecule has 1 aromatic carbocycles. The van der Waals surface area contributed by atoms with E-state index in [1.807, 2.05) is 6.92 Å². The first-order valence-electron chi connectivity index (χ1n) is 10.3. The summed E-state index contributed by atoms with van der Waals surface area (Å²) in [5.74, 6) is 0.0460. The molecule has 28 heavy (non-hydrogen) atoms. The van der Waals surface area contributed by atoms with Gasteiger partial charge in [-0.05, 0) is 50.9 Å². The zero-order chi connectivity index (χ0) is 20.7. The van der Waals surface area contributed by atoms with Crippen molar-refractivity contribution in [1.82, 2.24) is 14.5 Å². The zero-order valence-electron chi connectivity index (χ0n) is 17.6. The van der Waals surface area contributed by atoms with Crippen molar-refractivity contribution >= 4 is 15.9 Å². The minimum absolute atomic E-state index is 0.0322. The number of amides is 1. The van der Waals surface area contributed by atoms with Gasteiger partial charge in [-0.3, -0.25) is 4.79 Å². The second-order valence-electron chi connectivity index (χ2n) is 7.85. The van der Waals surface area contributed by atoms with Crippen molar-refractivity contribution < 1.29 is 13.2 Å². The molecule has 1 heterocycles. The number of hydrogen-bond donors (Lipinski definition) is 1. The Morgan fingerprint density at radius 1 is 1.25 bits per heavy atom. The maximum absolute atomic E-state index is 12.9. The van der Waals surface area contributed by atoms with Crippen LogP contribution in [0.2, 0.25) is 0 Å². The number of carbonyl (C=O) groups is 1. The van der Waals surface area contributed by atoms with Crippen LogP contribution in [0.1, 0.15) is 39.2 Å². The number of nitrogens with zero attached hydrogens (tertiary/aromatic N) is 2. The third kappa shape index (κ3) is 6.03. The molecule has 2 unspecified atom stereocenters. The summed E-state index contributed by atoms with van der Waals surface area (Å²) in [6, 6.07) is 6.89. The molecule has 158 valence electrons. The molecule has 0 saturated carbocycles. The van der Waals surface area contributed by atoms with Crippen molar-refractivity contribution in [3.63, 3.8) is 0 Å². The lowest BCUT2D eigenvalue weighted by Crippen LogP contribution is -2.46. The number of benzene rings is 1. The summed E-state index contributed by atoms with van der Waals surface area (Å²) in [6.45, 7) is 12.6. The van der Waals surface area contributed by atoms with E-state index in [2.05, 4.69) is 31.0 Å². The highest BCUT2D eigenvalue weighted by Gasteiger charge is 2.33. The van der Waals surface area contributed by atoms with E-state index >= 15 is 0 Å². The van der Waals surface area contributed by atoms with Crippen LogP contribution >= 0.6 is 0 Å². The number of aryl methyl sites for hydroxylation is 1. The highest BCUT2D eigenvalue weighted by Crippen LogP contribution is 2.24. The number of sulfonamides is 1. The van der Waals surface area contributed by atoms with Crippen LogP contribution in [0.3, 0.4) is 0 Å². The molecule has 1 aliphatic heterocycles. The third-order valence-electron chi connectivity index (χ3n) is 5.50. The number of piperidine rings is 1. The fourth-order valence-corrected chi connectivity index (χ4v) is 5.16. The van der Waals surface area contributed by atoms with Gasteiger partial charge in [-0.2, -0.15) is 4.31 Å². The van der Waals surface area contributed by atoms with E-state index in [0.29, 0.717) is 30.3 Å². The van der Waals surface area contributed by atoms with Gasteiger partial charge < -0.3 is 10.2 Å². The molecule has 0 aliphatic carbocycles. The van der Waals surface area contributed by atoms with Gasteiger partial charge in [0.25, 0.3) is 0 Å². The quantitative estimate of drug-likeness (QED) is 0.680. The molecule has 1 amide bonds. The Labute approximate surface area is 170 Å². The van der Waals surface area contributed by atoms with Crippen LogP contribution in [0.25, 0.3) is 0 Å². The Hall–Kier alpha value is -1.44. The Morgan fingerprint density at radius 3 is 2.50 bits per heavy atom. The molecule has 1 aromatic rings. The molecule has 1 saturated heterocycles.